The van der Waals surface area contributed by atoms with Gasteiger partial charge in [0.05, 0.1) is 27.3 Å². The number of hydrogen-bond donors (Lipinski definition) is 0. The molecule has 0 aromatic carbocycles. The van der Waals surface area contributed by atoms with Crippen molar-refractivity contribution in [2.75, 3.05) is 26.9 Å². The Labute approximate surface area is 460 Å². The van der Waals surface area contributed by atoms with Crippen LogP contribution in [-0.2, 0) is 9.47 Å². The zero-order valence-electron chi connectivity index (χ0n) is 48.2. The number of fused-ring (bicyclic) bond motifs is 10. The third kappa shape index (κ3) is 14.7. The Morgan fingerprint density at radius 1 is 0.648 bits per heavy atom. The van der Waals surface area contributed by atoms with Gasteiger partial charge in [-0.3, -0.25) is 9.30 Å². The second kappa shape index (κ2) is 29.5. The van der Waals surface area contributed by atoms with E-state index in [-0.39, 0.29) is 37.0 Å². The molecule has 16 atom stereocenters. The van der Waals surface area contributed by atoms with Crippen molar-refractivity contribution in [3.05, 3.63) is 49.7 Å². The van der Waals surface area contributed by atoms with Crippen molar-refractivity contribution in [2.45, 2.75) is 243 Å². The Hall–Kier alpha value is -1.05. The molecule has 8 aliphatic rings. The van der Waals surface area contributed by atoms with Crippen LogP contribution in [0.15, 0.2) is 28.4 Å². The van der Waals surface area contributed by atoms with Gasteiger partial charge in [-0.2, -0.15) is 0 Å². The Morgan fingerprint density at radius 3 is 1.44 bits per heavy atom. The molecular weight excluding hydrogens is 891 g/mol. The topological polar surface area (TPSA) is 126 Å². The second-order valence-electron chi connectivity index (χ2n) is 26.1. The fraction of sp³-hybridized carbons (Fsp3) is 0.934. The van der Waals surface area contributed by atoms with Crippen molar-refractivity contribution in [3.8, 4) is 0 Å². The van der Waals surface area contributed by atoms with Gasteiger partial charge in [0.15, 0.2) is 0 Å². The van der Waals surface area contributed by atoms with Gasteiger partial charge in [0.25, 0.3) is 0 Å². The van der Waals surface area contributed by atoms with E-state index in [0.29, 0.717) is 47.0 Å². The summed E-state index contributed by atoms with van der Waals surface area (Å²) in [6.45, 7) is 29.5. The summed E-state index contributed by atoms with van der Waals surface area (Å²) in [4.78, 5) is 4.34. The molecule has 8 aliphatic carbocycles. The minimum Gasteiger partial charge on any atom is -0.378 e. The van der Waals surface area contributed by atoms with Crippen molar-refractivity contribution in [3.63, 3.8) is 0 Å². The molecule has 0 saturated heterocycles. The first-order valence-electron chi connectivity index (χ1n) is 29.6. The summed E-state index contributed by atoms with van der Waals surface area (Å²) in [5, 5.41) is 3.63. The van der Waals surface area contributed by atoms with Gasteiger partial charge in [-0.25, -0.2) is 0 Å². The first-order valence-corrected chi connectivity index (χ1v) is 28.9. The van der Waals surface area contributed by atoms with E-state index in [2.05, 4.69) is 98.3 Å². The van der Waals surface area contributed by atoms with E-state index < -0.39 is 7.15 Å². The van der Waals surface area contributed by atoms with Gasteiger partial charge >= 0.3 is 29.6 Å². The van der Waals surface area contributed by atoms with Crippen LogP contribution in [0.3, 0.4) is 0 Å². The van der Waals surface area contributed by atoms with Crippen molar-refractivity contribution < 1.29 is 44.8 Å². The van der Waals surface area contributed by atoms with E-state index in [9.17, 15) is 4.39 Å². The Balaban J connectivity index is 0.000000335. The van der Waals surface area contributed by atoms with Crippen LogP contribution in [0.4, 0.5) is 4.39 Å². The predicted octanol–water partition coefficient (Wildman–Crippen LogP) is 16.6. The number of halogens is 1. The van der Waals surface area contributed by atoms with Gasteiger partial charge < -0.3 is 20.5 Å². The number of azide groups is 1. The number of nitrogens with zero attached hydrogens (tertiary/aromatic N) is 6. The molecule has 0 spiro atoms. The molecule has 0 aliphatic heterocycles. The van der Waals surface area contributed by atoms with E-state index in [1.165, 1.54) is 133 Å². The van der Waals surface area contributed by atoms with Gasteiger partial charge in [0, 0.05) is 18.1 Å². The molecule has 402 valence electrons. The zero-order chi connectivity index (χ0) is 51.3. The summed E-state index contributed by atoms with van der Waals surface area (Å²) >= 11 is 0. The summed E-state index contributed by atoms with van der Waals surface area (Å²) < 4.78 is 27.8. The Bertz CT molecular complexity index is 1770. The van der Waals surface area contributed by atoms with Crippen LogP contribution in [0.1, 0.15) is 233 Å². The molecule has 6 saturated carbocycles. The molecule has 8 rings (SSSR count). The Kier molecular flexibility index (Phi) is 25.9. The molecule has 0 radical (unpaired) electrons. The van der Waals surface area contributed by atoms with Crippen LogP contribution in [0.2, 0.25) is 0 Å². The van der Waals surface area contributed by atoms with Gasteiger partial charge in [-0.15, -0.1) is 0 Å². The third-order valence-corrected chi connectivity index (χ3v) is 21.7. The summed E-state index contributed by atoms with van der Waals surface area (Å²) in [6, 6.07) is 0. The molecular formula is C61H108FN6NaO2. The zero-order valence-corrected chi connectivity index (χ0v) is 49.2. The maximum absolute atomic E-state index is 9.96. The van der Waals surface area contributed by atoms with Crippen molar-refractivity contribution in [1.29, 1.82) is 0 Å². The average Bonchev–Trinajstić information content (AvgIpc) is 3.87. The van der Waals surface area contributed by atoms with Crippen LogP contribution >= 0.6 is 0 Å². The molecule has 0 N–H and O–H groups in total. The molecule has 8 nitrogen and oxygen atoms in total. The molecule has 0 amide bonds. The van der Waals surface area contributed by atoms with Crippen LogP contribution in [0.5, 0.6) is 0 Å². The van der Waals surface area contributed by atoms with Gasteiger partial charge in [0.2, 0.25) is 0 Å². The van der Waals surface area contributed by atoms with Gasteiger partial charge in [0.1, 0.15) is 0 Å². The molecule has 10 heteroatoms. The molecule has 0 heterocycles. The van der Waals surface area contributed by atoms with E-state index in [4.69, 9.17) is 27.4 Å². The minimum absolute atomic E-state index is 0. The SMILES string of the molecule is C.CC(C)CCC[C@@H](C)[C@H]1CC[C@H]2[C@@H]3CC=C4C[C@@H](OCCN=[N+]=[N-])CC[C@]4(C)[C@H]3CC[C@]12C.CCCO[C@H]1CC[C@@]2(C)C(=CC[C@H]3[C@@H]4CC[C@H]([C@H](C)CCCC(C)C)[C@@]4(C)CC[C@@H]32)C1.[2H]CF.[N-]=[N+]=[N-].[Na+]. The predicted molar refractivity (Wildman–Crippen MR) is 294 cm³/mol. The van der Waals surface area contributed by atoms with Crippen molar-refractivity contribution in [1.82, 2.24) is 0 Å². The number of hydrogen-bond acceptors (Lipinski definition) is 3. The molecule has 6 fully saturated rings. The number of allylic oxidation sites excluding steroid dienone is 2. The van der Waals surface area contributed by atoms with E-state index in [0.717, 1.165) is 96.9 Å². The summed E-state index contributed by atoms with van der Waals surface area (Å²) in [5.41, 5.74) is 27.5. The average molecular weight is 1000 g/mol. The monoisotopic (exact) mass is 1000 g/mol. The fourth-order valence-corrected chi connectivity index (χ4v) is 18.2. The summed E-state index contributed by atoms with van der Waals surface area (Å²) in [6.07, 6.45) is 37.8. The first kappa shape index (κ1) is 62.5. The number of alkyl halides is 1. The maximum Gasteiger partial charge on any atom is 1.00 e. The first-order chi connectivity index (χ1) is 33.4. The molecule has 0 bridgehead atoms. The third-order valence-electron chi connectivity index (χ3n) is 21.7. The van der Waals surface area contributed by atoms with E-state index in [1.807, 2.05) is 0 Å². The van der Waals surface area contributed by atoms with Crippen molar-refractivity contribution >= 4 is 0 Å². The standard InChI is InChI=1S/C30H52O.C29H49N3O.CH3F.CH4.N3.Na/c1-7-19-31-24-15-17-29(5)23(20-24)11-12-25-27-14-13-26(22(4)10-8-9-21(2)3)30(27,6)18-16-28(25)29;1-20(2)7-6-8-21(3)25-11-12-26-24-10-9-22-19-23(33-18-17-31-32-30)13-15-28(22,4)27(24)14-16-29(25,26)5;1-2;;1-3-2;/h11,21-22,24-28H,7-10,12-20H2,1-6H3;9,20-21,23-27H,6-8,10-19H2,1-5H3;1H3;1H4;;/q;;;;-1;+1/t22-,24+,25+,26-,27+,28+,29+,30-;21-,23+,24+,25-,26+,27+,28+,29-;;;;/m11..../s1/i;;1D;;;. The summed E-state index contributed by atoms with van der Waals surface area (Å²) in [7, 11) is -1.00. The van der Waals surface area contributed by atoms with E-state index >= 15 is 0 Å². The summed E-state index contributed by atoms with van der Waals surface area (Å²) in [5.74, 6) is 11.0. The molecule has 0 aromatic heterocycles. The maximum atomic E-state index is 9.96. The smallest absolute Gasteiger partial charge is 0.378 e. The van der Waals surface area contributed by atoms with E-state index in [1.54, 1.807) is 11.1 Å². The quantitative estimate of drug-likeness (QED) is 0.0359. The number of ether oxygens (including phenoxy) is 2. The van der Waals surface area contributed by atoms with Crippen LogP contribution in [0.25, 0.3) is 26.4 Å². The second-order valence-corrected chi connectivity index (χ2v) is 26.1. The molecule has 71 heavy (non-hydrogen) atoms. The van der Waals surface area contributed by atoms with Crippen molar-refractivity contribution in [2.24, 2.45) is 97.8 Å². The Morgan fingerprint density at radius 2 is 1.06 bits per heavy atom. The fourth-order valence-electron chi connectivity index (χ4n) is 18.2. The van der Waals surface area contributed by atoms with Gasteiger partial charge in [-0.1, -0.05) is 151 Å². The van der Waals surface area contributed by atoms with Crippen LogP contribution in [-0.4, -0.2) is 39.1 Å². The van der Waals surface area contributed by atoms with Crippen LogP contribution < -0.4 is 29.6 Å². The number of rotatable bonds is 17. The molecule has 0 unspecified atom stereocenters. The molecule has 0 aromatic rings. The normalized spacial score (nSPS) is 38.3. The minimum atomic E-state index is -1.00. The van der Waals surface area contributed by atoms with Gasteiger partial charge in [-0.05, 0) is 207 Å². The largest absolute Gasteiger partial charge is 1.00 e. The van der Waals surface area contributed by atoms with Crippen LogP contribution in [0, 0.1) is 92.7 Å².